The van der Waals surface area contributed by atoms with Gasteiger partial charge < -0.3 is 15.4 Å². The molecule has 0 radical (unpaired) electrons. The number of hydrogen-bond acceptors (Lipinski definition) is 3. The Hall–Kier alpha value is -1.26. The topological polar surface area (TPSA) is 55.6 Å². The fourth-order valence-corrected chi connectivity index (χ4v) is 2.02. The molecular formula is C13H17ClN2O2. The molecule has 0 heterocycles. The summed E-state index contributed by atoms with van der Waals surface area (Å²) >= 11 is 6.10. The summed E-state index contributed by atoms with van der Waals surface area (Å²) in [5.74, 6) is 0.526. The van der Waals surface area contributed by atoms with Crippen LogP contribution in [0.15, 0.2) is 12.1 Å². The third-order valence-electron chi connectivity index (χ3n) is 3.34. The Morgan fingerprint density at radius 1 is 1.50 bits per heavy atom. The van der Waals surface area contributed by atoms with Gasteiger partial charge in [0, 0.05) is 12.1 Å². The molecule has 1 saturated carbocycles. The molecule has 0 atom stereocenters. The van der Waals surface area contributed by atoms with Crippen LogP contribution in [0.1, 0.15) is 18.4 Å². The predicted molar refractivity (Wildman–Crippen MR) is 72.3 cm³/mol. The lowest BCUT2D eigenvalue weighted by molar-refractivity contribution is -0.120. The number of carbonyl (C=O) groups is 1. The summed E-state index contributed by atoms with van der Waals surface area (Å²) in [7, 11) is 3.26. The fourth-order valence-electron chi connectivity index (χ4n) is 1.86. The van der Waals surface area contributed by atoms with E-state index in [1.807, 2.05) is 13.0 Å². The van der Waals surface area contributed by atoms with Gasteiger partial charge in [0.1, 0.15) is 5.75 Å². The van der Waals surface area contributed by atoms with E-state index in [9.17, 15) is 4.79 Å². The number of nitrogens with zero attached hydrogens (tertiary/aromatic N) is 1. The first kappa shape index (κ1) is 13.2. The molecule has 1 aromatic rings. The highest BCUT2D eigenvalue weighted by molar-refractivity contribution is 6.31. The molecule has 1 amide bonds. The average Bonchev–Trinajstić information content (AvgIpc) is 3.09. The largest absolute Gasteiger partial charge is 0.495 e. The van der Waals surface area contributed by atoms with Crippen molar-refractivity contribution in [2.45, 2.75) is 25.3 Å². The van der Waals surface area contributed by atoms with Crippen LogP contribution in [-0.4, -0.2) is 25.6 Å². The molecule has 5 heteroatoms. The zero-order valence-electron chi connectivity index (χ0n) is 10.8. The second-order valence-electron chi connectivity index (χ2n) is 4.79. The van der Waals surface area contributed by atoms with Gasteiger partial charge in [0.05, 0.1) is 18.3 Å². The number of ether oxygens (including phenoxy) is 1. The highest BCUT2D eigenvalue weighted by Gasteiger charge is 2.48. The molecule has 18 heavy (non-hydrogen) atoms. The molecule has 0 aliphatic heterocycles. The van der Waals surface area contributed by atoms with Gasteiger partial charge in [0.15, 0.2) is 0 Å². The maximum absolute atomic E-state index is 12.2. The minimum Gasteiger partial charge on any atom is -0.495 e. The Bertz CT molecular complexity index is 498. The SMILES string of the molecule is COc1cc(C)c(Cl)cc1N(C)C(=O)C1(N)CC1. The highest BCUT2D eigenvalue weighted by Crippen LogP contribution is 2.38. The minimum absolute atomic E-state index is 0.0966. The Morgan fingerprint density at radius 3 is 2.61 bits per heavy atom. The van der Waals surface area contributed by atoms with Gasteiger partial charge in [-0.2, -0.15) is 0 Å². The Morgan fingerprint density at radius 2 is 2.11 bits per heavy atom. The molecule has 0 spiro atoms. The van der Waals surface area contributed by atoms with Gasteiger partial charge in [-0.3, -0.25) is 4.79 Å². The first-order valence-electron chi connectivity index (χ1n) is 5.80. The van der Waals surface area contributed by atoms with Crippen molar-refractivity contribution in [3.63, 3.8) is 0 Å². The number of aryl methyl sites for hydroxylation is 1. The first-order valence-corrected chi connectivity index (χ1v) is 6.18. The Labute approximate surface area is 112 Å². The van der Waals surface area contributed by atoms with Crippen LogP contribution in [0.2, 0.25) is 5.02 Å². The van der Waals surface area contributed by atoms with Crippen LogP contribution in [0, 0.1) is 6.92 Å². The number of carbonyl (C=O) groups excluding carboxylic acids is 1. The van der Waals surface area contributed by atoms with E-state index in [-0.39, 0.29) is 5.91 Å². The smallest absolute Gasteiger partial charge is 0.246 e. The van der Waals surface area contributed by atoms with E-state index in [2.05, 4.69) is 0 Å². The molecule has 1 aliphatic rings. The van der Waals surface area contributed by atoms with Crippen molar-refractivity contribution in [1.29, 1.82) is 0 Å². The van der Waals surface area contributed by atoms with Crippen LogP contribution in [0.5, 0.6) is 5.75 Å². The van der Waals surface area contributed by atoms with E-state index in [1.54, 1.807) is 20.2 Å². The van der Waals surface area contributed by atoms with E-state index >= 15 is 0 Å². The van der Waals surface area contributed by atoms with Crippen LogP contribution in [0.4, 0.5) is 5.69 Å². The number of anilines is 1. The Balaban J connectivity index is 2.37. The predicted octanol–water partition coefficient (Wildman–Crippen LogP) is 2.11. The van der Waals surface area contributed by atoms with Crippen LogP contribution in [-0.2, 0) is 4.79 Å². The van der Waals surface area contributed by atoms with Crippen molar-refractivity contribution in [3.8, 4) is 5.75 Å². The number of rotatable bonds is 3. The maximum Gasteiger partial charge on any atom is 0.246 e. The highest BCUT2D eigenvalue weighted by atomic mass is 35.5. The lowest BCUT2D eigenvalue weighted by atomic mass is 10.1. The summed E-state index contributed by atoms with van der Waals surface area (Å²) in [5.41, 5.74) is 6.78. The van der Waals surface area contributed by atoms with Gasteiger partial charge in [-0.15, -0.1) is 0 Å². The van der Waals surface area contributed by atoms with Crippen molar-refractivity contribution in [3.05, 3.63) is 22.7 Å². The van der Waals surface area contributed by atoms with E-state index in [0.717, 1.165) is 18.4 Å². The van der Waals surface area contributed by atoms with E-state index in [4.69, 9.17) is 22.1 Å². The third-order valence-corrected chi connectivity index (χ3v) is 3.75. The number of nitrogens with two attached hydrogens (primary N) is 1. The molecule has 0 aromatic heterocycles. The molecular weight excluding hydrogens is 252 g/mol. The molecule has 4 nitrogen and oxygen atoms in total. The Kier molecular flexibility index (Phi) is 3.25. The van der Waals surface area contributed by atoms with Crippen LogP contribution >= 0.6 is 11.6 Å². The van der Waals surface area contributed by atoms with Gasteiger partial charge in [-0.25, -0.2) is 0 Å². The van der Waals surface area contributed by atoms with Crippen molar-refractivity contribution < 1.29 is 9.53 Å². The molecule has 1 aliphatic carbocycles. The minimum atomic E-state index is -0.697. The van der Waals surface area contributed by atoms with Gasteiger partial charge in [-0.1, -0.05) is 11.6 Å². The summed E-state index contributed by atoms with van der Waals surface area (Å²) < 4.78 is 5.29. The third kappa shape index (κ3) is 2.18. The molecule has 1 fully saturated rings. The number of benzene rings is 1. The molecule has 1 aromatic carbocycles. The van der Waals surface area contributed by atoms with Crippen LogP contribution in [0.3, 0.4) is 0 Å². The average molecular weight is 269 g/mol. The summed E-state index contributed by atoms with van der Waals surface area (Å²) in [5, 5.41) is 0.604. The summed E-state index contributed by atoms with van der Waals surface area (Å²) in [4.78, 5) is 13.7. The van der Waals surface area contributed by atoms with Gasteiger partial charge in [0.25, 0.3) is 0 Å². The normalized spacial score (nSPS) is 16.3. The zero-order chi connectivity index (χ0) is 13.5. The molecule has 0 bridgehead atoms. The zero-order valence-corrected chi connectivity index (χ0v) is 11.5. The molecule has 2 N–H and O–H groups in total. The van der Waals surface area contributed by atoms with Gasteiger partial charge in [-0.05, 0) is 37.5 Å². The number of halogens is 1. The second-order valence-corrected chi connectivity index (χ2v) is 5.20. The molecule has 0 saturated heterocycles. The van der Waals surface area contributed by atoms with Crippen molar-refractivity contribution in [1.82, 2.24) is 0 Å². The monoisotopic (exact) mass is 268 g/mol. The van der Waals surface area contributed by atoms with E-state index in [1.165, 1.54) is 4.90 Å². The van der Waals surface area contributed by atoms with Crippen molar-refractivity contribution >= 4 is 23.2 Å². The fraction of sp³-hybridized carbons (Fsp3) is 0.462. The van der Waals surface area contributed by atoms with Gasteiger partial charge >= 0.3 is 0 Å². The summed E-state index contributed by atoms with van der Waals surface area (Å²) in [6, 6.07) is 3.55. The summed E-state index contributed by atoms with van der Waals surface area (Å²) in [6.45, 7) is 1.89. The number of methoxy groups -OCH3 is 1. The van der Waals surface area contributed by atoms with Gasteiger partial charge in [0.2, 0.25) is 5.91 Å². The number of hydrogen-bond donors (Lipinski definition) is 1. The second kappa shape index (κ2) is 4.44. The lowest BCUT2D eigenvalue weighted by Crippen LogP contribution is -2.44. The quantitative estimate of drug-likeness (QED) is 0.913. The van der Waals surface area contributed by atoms with Crippen molar-refractivity contribution in [2.75, 3.05) is 19.1 Å². The molecule has 2 rings (SSSR count). The van der Waals surface area contributed by atoms with Crippen LogP contribution < -0.4 is 15.4 Å². The molecule has 0 unspecified atom stereocenters. The van der Waals surface area contributed by atoms with Crippen molar-refractivity contribution in [2.24, 2.45) is 5.73 Å². The molecule has 98 valence electrons. The van der Waals surface area contributed by atoms with E-state index < -0.39 is 5.54 Å². The first-order chi connectivity index (χ1) is 8.39. The number of likely N-dealkylation sites (N-methyl/N-ethyl adjacent to an activating group) is 1. The standard InChI is InChI=1S/C13H17ClN2O2/c1-8-6-11(18-3)10(7-9(8)14)16(2)12(17)13(15)4-5-13/h6-7H,4-5,15H2,1-3H3. The maximum atomic E-state index is 12.2. The van der Waals surface area contributed by atoms with E-state index in [0.29, 0.717) is 16.5 Å². The van der Waals surface area contributed by atoms with Crippen LogP contribution in [0.25, 0.3) is 0 Å². The number of amides is 1. The lowest BCUT2D eigenvalue weighted by Gasteiger charge is -2.23. The summed E-state index contributed by atoms with van der Waals surface area (Å²) in [6.07, 6.45) is 1.47.